The van der Waals surface area contributed by atoms with Crippen LogP contribution in [0.15, 0.2) is 36.5 Å². The highest BCUT2D eigenvalue weighted by molar-refractivity contribution is 5.81. The second-order valence-corrected chi connectivity index (χ2v) is 5.59. The van der Waals surface area contributed by atoms with Gasteiger partial charge in [-0.15, -0.1) is 0 Å². The molecule has 1 heterocycles. The topological polar surface area (TPSA) is 42.4 Å². The van der Waals surface area contributed by atoms with Crippen molar-refractivity contribution in [2.45, 2.75) is 38.4 Å². The molecular formula is C17H21NO2. The van der Waals surface area contributed by atoms with Gasteiger partial charge in [-0.05, 0) is 38.2 Å². The molecule has 3 heteroatoms. The van der Waals surface area contributed by atoms with Crippen molar-refractivity contribution in [2.24, 2.45) is 5.92 Å². The van der Waals surface area contributed by atoms with Gasteiger partial charge in [0.1, 0.15) is 0 Å². The Kier molecular flexibility index (Phi) is 3.99. The number of hydrogen-bond donors (Lipinski definition) is 1. The molecule has 0 spiro atoms. The summed E-state index contributed by atoms with van der Waals surface area (Å²) >= 11 is 0. The Hall–Kier alpha value is -1.45. The highest BCUT2D eigenvalue weighted by Gasteiger charge is 2.31. The largest absolute Gasteiger partial charge is 0.388 e. The number of aromatic nitrogens is 1. The first-order valence-electron chi connectivity index (χ1n) is 7.41. The summed E-state index contributed by atoms with van der Waals surface area (Å²) in [5, 5.41) is 11.6. The van der Waals surface area contributed by atoms with E-state index < -0.39 is 6.10 Å². The monoisotopic (exact) mass is 271 g/mol. The minimum Gasteiger partial charge on any atom is -0.388 e. The molecule has 0 radical (unpaired) electrons. The maximum absolute atomic E-state index is 10.5. The van der Waals surface area contributed by atoms with Crippen LogP contribution in [0.4, 0.5) is 0 Å². The van der Waals surface area contributed by atoms with Crippen molar-refractivity contribution in [3.63, 3.8) is 0 Å². The zero-order valence-electron chi connectivity index (χ0n) is 11.8. The zero-order chi connectivity index (χ0) is 13.9. The average molecular weight is 271 g/mol. The number of benzene rings is 1. The maximum Gasteiger partial charge on any atom is 0.0813 e. The molecule has 1 N–H and O–H groups in total. The van der Waals surface area contributed by atoms with Crippen LogP contribution in [-0.4, -0.2) is 22.8 Å². The highest BCUT2D eigenvalue weighted by atomic mass is 16.5. The van der Waals surface area contributed by atoms with Gasteiger partial charge in [-0.2, -0.15) is 0 Å². The van der Waals surface area contributed by atoms with Crippen LogP contribution in [0.3, 0.4) is 0 Å². The molecule has 1 aromatic heterocycles. The van der Waals surface area contributed by atoms with Crippen molar-refractivity contribution in [2.75, 3.05) is 6.61 Å². The number of hydrogen-bond acceptors (Lipinski definition) is 3. The number of aliphatic hydroxyl groups is 1. The maximum atomic E-state index is 10.5. The van der Waals surface area contributed by atoms with Crippen molar-refractivity contribution in [1.29, 1.82) is 0 Å². The predicted octanol–water partition coefficient (Wildman–Crippen LogP) is 3.47. The molecule has 2 aromatic rings. The van der Waals surface area contributed by atoms with Crippen LogP contribution in [0.1, 0.15) is 37.9 Å². The lowest BCUT2D eigenvalue weighted by Crippen LogP contribution is -2.32. The van der Waals surface area contributed by atoms with Crippen LogP contribution in [0.25, 0.3) is 10.9 Å². The number of fused-ring (bicyclic) bond motifs is 1. The van der Waals surface area contributed by atoms with E-state index >= 15 is 0 Å². The zero-order valence-corrected chi connectivity index (χ0v) is 11.8. The van der Waals surface area contributed by atoms with E-state index in [0.717, 1.165) is 42.3 Å². The number of aliphatic hydroxyl groups excluding tert-OH is 1. The second kappa shape index (κ2) is 5.90. The third-order valence-electron chi connectivity index (χ3n) is 4.17. The number of rotatable bonds is 5. The van der Waals surface area contributed by atoms with Crippen LogP contribution in [0.2, 0.25) is 0 Å². The smallest absolute Gasteiger partial charge is 0.0813 e. The van der Waals surface area contributed by atoms with Crippen LogP contribution < -0.4 is 0 Å². The molecule has 1 aromatic carbocycles. The Morgan fingerprint density at radius 2 is 2.10 bits per heavy atom. The Balaban J connectivity index is 1.69. The van der Waals surface area contributed by atoms with Crippen LogP contribution in [0.5, 0.6) is 0 Å². The lowest BCUT2D eigenvalue weighted by atomic mass is 9.77. The van der Waals surface area contributed by atoms with Crippen molar-refractivity contribution in [3.8, 4) is 0 Å². The van der Waals surface area contributed by atoms with E-state index in [9.17, 15) is 5.11 Å². The minimum absolute atomic E-state index is 0.405. The van der Waals surface area contributed by atoms with Gasteiger partial charge < -0.3 is 9.84 Å². The molecule has 3 rings (SSSR count). The third-order valence-corrected chi connectivity index (χ3v) is 4.17. The van der Waals surface area contributed by atoms with E-state index in [2.05, 4.69) is 4.98 Å². The van der Waals surface area contributed by atoms with Gasteiger partial charge in [0, 0.05) is 23.8 Å². The van der Waals surface area contributed by atoms with Crippen molar-refractivity contribution < 1.29 is 9.84 Å². The van der Waals surface area contributed by atoms with E-state index in [1.165, 1.54) is 0 Å². The first-order chi connectivity index (χ1) is 9.78. The summed E-state index contributed by atoms with van der Waals surface area (Å²) < 4.78 is 5.57. The molecule has 0 amide bonds. The number of nitrogens with zero attached hydrogens (tertiary/aromatic N) is 1. The molecule has 1 saturated carbocycles. The van der Waals surface area contributed by atoms with Gasteiger partial charge in [0.15, 0.2) is 0 Å². The van der Waals surface area contributed by atoms with E-state index in [0.29, 0.717) is 12.0 Å². The second-order valence-electron chi connectivity index (χ2n) is 5.59. The van der Waals surface area contributed by atoms with Gasteiger partial charge in [-0.25, -0.2) is 0 Å². The van der Waals surface area contributed by atoms with Gasteiger partial charge in [0.2, 0.25) is 0 Å². The minimum atomic E-state index is -0.429. The molecule has 0 saturated heterocycles. The summed E-state index contributed by atoms with van der Waals surface area (Å²) in [7, 11) is 0. The molecule has 1 aliphatic rings. The van der Waals surface area contributed by atoms with Crippen molar-refractivity contribution in [1.82, 2.24) is 4.98 Å². The third kappa shape index (κ3) is 2.69. The van der Waals surface area contributed by atoms with E-state index in [4.69, 9.17) is 4.74 Å². The van der Waals surface area contributed by atoms with Gasteiger partial charge in [0.05, 0.1) is 17.7 Å². The fraction of sp³-hybridized carbons (Fsp3) is 0.471. The fourth-order valence-electron chi connectivity index (χ4n) is 3.08. The van der Waals surface area contributed by atoms with Gasteiger partial charge in [-0.3, -0.25) is 4.98 Å². The Labute approximate surface area is 119 Å². The summed E-state index contributed by atoms with van der Waals surface area (Å²) in [6.07, 6.45) is 4.71. The average Bonchev–Trinajstić information content (AvgIpc) is 2.44. The van der Waals surface area contributed by atoms with Crippen molar-refractivity contribution >= 4 is 10.9 Å². The van der Waals surface area contributed by atoms with E-state index in [-0.39, 0.29) is 0 Å². The standard InChI is InChI=1S/C17H21NO2/c1-2-20-14-9-12(10-14)11-16(19)15-7-3-5-13-6-4-8-18-17(13)15/h3-8,12,14,16,19H,2,9-11H2,1H3. The Bertz CT molecular complexity index is 573. The summed E-state index contributed by atoms with van der Waals surface area (Å²) in [6.45, 7) is 2.82. The molecular weight excluding hydrogens is 250 g/mol. The summed E-state index contributed by atoms with van der Waals surface area (Å²) in [5.41, 5.74) is 1.87. The molecule has 20 heavy (non-hydrogen) atoms. The molecule has 1 atom stereocenters. The quantitative estimate of drug-likeness (QED) is 0.905. The first kappa shape index (κ1) is 13.5. The van der Waals surface area contributed by atoms with Crippen LogP contribution in [0, 0.1) is 5.92 Å². The number of ether oxygens (including phenoxy) is 1. The fourth-order valence-corrected chi connectivity index (χ4v) is 3.08. The SMILES string of the molecule is CCOC1CC(CC(O)c2cccc3cccnc23)C1. The highest BCUT2D eigenvalue weighted by Crippen LogP contribution is 2.37. The molecule has 3 nitrogen and oxygen atoms in total. The first-order valence-corrected chi connectivity index (χ1v) is 7.41. The molecule has 106 valence electrons. The van der Waals surface area contributed by atoms with E-state index in [1.807, 2.05) is 37.3 Å². The molecule has 1 unspecified atom stereocenters. The molecule has 0 aliphatic heterocycles. The number of pyridine rings is 1. The number of para-hydroxylation sites is 1. The Morgan fingerprint density at radius 3 is 2.90 bits per heavy atom. The molecule has 0 bridgehead atoms. The molecule has 1 aliphatic carbocycles. The van der Waals surface area contributed by atoms with Gasteiger partial charge in [-0.1, -0.05) is 24.3 Å². The Morgan fingerprint density at radius 1 is 1.30 bits per heavy atom. The van der Waals surface area contributed by atoms with Crippen LogP contribution in [-0.2, 0) is 4.74 Å². The lowest BCUT2D eigenvalue weighted by Gasteiger charge is -2.36. The normalized spacial score (nSPS) is 23.5. The molecule has 1 fully saturated rings. The predicted molar refractivity (Wildman–Crippen MR) is 79.5 cm³/mol. The van der Waals surface area contributed by atoms with Gasteiger partial charge in [0.25, 0.3) is 0 Å². The lowest BCUT2D eigenvalue weighted by molar-refractivity contribution is -0.0379. The summed E-state index contributed by atoms with van der Waals surface area (Å²) in [6, 6.07) is 9.97. The van der Waals surface area contributed by atoms with Gasteiger partial charge >= 0.3 is 0 Å². The van der Waals surface area contributed by atoms with Crippen molar-refractivity contribution in [3.05, 3.63) is 42.1 Å². The summed E-state index contributed by atoms with van der Waals surface area (Å²) in [5.74, 6) is 0.570. The van der Waals surface area contributed by atoms with Crippen LogP contribution >= 0.6 is 0 Å². The summed E-state index contributed by atoms with van der Waals surface area (Å²) in [4.78, 5) is 4.41. The van der Waals surface area contributed by atoms with E-state index in [1.54, 1.807) is 6.20 Å².